The summed E-state index contributed by atoms with van der Waals surface area (Å²) < 4.78 is 0. The Morgan fingerprint density at radius 3 is 2.76 bits per heavy atom. The van der Waals surface area contributed by atoms with Gasteiger partial charge in [-0.15, -0.1) is 0 Å². The fraction of sp³-hybridized carbons (Fsp3) is 0.526. The fourth-order valence-corrected chi connectivity index (χ4v) is 3.49. The molecule has 1 saturated carbocycles. The Kier molecular flexibility index (Phi) is 4.54. The number of aryl methyl sites for hydroxylation is 1. The molecule has 1 aliphatic rings. The van der Waals surface area contributed by atoms with Crippen LogP contribution in [0.2, 0.25) is 0 Å². The summed E-state index contributed by atoms with van der Waals surface area (Å²) in [5.74, 6) is 0.832. The van der Waals surface area contributed by atoms with Gasteiger partial charge in [-0.05, 0) is 49.4 Å². The number of aliphatic hydroxyl groups is 1. The topological polar surface area (TPSA) is 33.1 Å². The van der Waals surface area contributed by atoms with Crippen molar-refractivity contribution in [3.8, 4) is 0 Å². The summed E-state index contributed by atoms with van der Waals surface area (Å²) in [6.45, 7) is 2.01. The Morgan fingerprint density at radius 1 is 1.14 bits per heavy atom. The van der Waals surface area contributed by atoms with Crippen molar-refractivity contribution in [3.63, 3.8) is 0 Å². The van der Waals surface area contributed by atoms with Crippen LogP contribution in [0.3, 0.4) is 0 Å². The summed E-state index contributed by atoms with van der Waals surface area (Å²) >= 11 is 0. The molecule has 112 valence electrons. The van der Waals surface area contributed by atoms with Crippen LogP contribution in [-0.4, -0.2) is 10.1 Å². The number of nitrogens with zero attached hydrogens (tertiary/aromatic N) is 1. The van der Waals surface area contributed by atoms with Gasteiger partial charge in [0.1, 0.15) is 0 Å². The maximum Gasteiger partial charge on any atom is 0.0790 e. The van der Waals surface area contributed by atoms with E-state index in [1.54, 1.807) is 0 Å². The normalized spacial score (nSPS) is 18.0. The van der Waals surface area contributed by atoms with Crippen LogP contribution in [-0.2, 0) is 0 Å². The lowest BCUT2D eigenvalue weighted by Crippen LogP contribution is -2.08. The van der Waals surface area contributed by atoms with Crippen LogP contribution in [0.4, 0.5) is 0 Å². The second-order valence-corrected chi connectivity index (χ2v) is 6.50. The van der Waals surface area contributed by atoms with E-state index in [9.17, 15) is 5.11 Å². The summed E-state index contributed by atoms with van der Waals surface area (Å²) in [6, 6.07) is 10.3. The molecule has 1 aliphatic carbocycles. The smallest absolute Gasteiger partial charge is 0.0790 e. The van der Waals surface area contributed by atoms with Crippen LogP contribution in [0.1, 0.15) is 62.3 Å². The van der Waals surface area contributed by atoms with Gasteiger partial charge >= 0.3 is 0 Å². The number of rotatable bonds is 4. The van der Waals surface area contributed by atoms with Crippen molar-refractivity contribution in [1.82, 2.24) is 4.98 Å². The van der Waals surface area contributed by atoms with Crippen molar-refractivity contribution in [2.45, 2.75) is 58.0 Å². The lowest BCUT2D eigenvalue weighted by Gasteiger charge is -2.22. The third-order valence-electron chi connectivity index (χ3n) is 4.81. The largest absolute Gasteiger partial charge is 0.388 e. The molecule has 21 heavy (non-hydrogen) atoms. The van der Waals surface area contributed by atoms with Gasteiger partial charge in [0.15, 0.2) is 0 Å². The number of fused-ring (bicyclic) bond motifs is 1. The SMILES string of the molecule is Cc1ccc2cc(C(O)CCC3CCCCC3)ccc2n1. The van der Waals surface area contributed by atoms with Gasteiger partial charge in [0.2, 0.25) is 0 Å². The highest BCUT2D eigenvalue weighted by Gasteiger charge is 2.16. The van der Waals surface area contributed by atoms with Crippen LogP contribution in [0.5, 0.6) is 0 Å². The molecule has 1 fully saturated rings. The highest BCUT2D eigenvalue weighted by Crippen LogP contribution is 2.31. The Balaban J connectivity index is 1.66. The van der Waals surface area contributed by atoms with E-state index in [1.807, 2.05) is 25.1 Å². The third kappa shape index (κ3) is 3.62. The molecule has 2 aromatic rings. The average molecular weight is 283 g/mol. The summed E-state index contributed by atoms with van der Waals surface area (Å²) in [7, 11) is 0. The Bertz CT molecular complexity index is 602. The lowest BCUT2D eigenvalue weighted by molar-refractivity contribution is 0.151. The van der Waals surface area contributed by atoms with Gasteiger partial charge in [-0.1, -0.05) is 44.2 Å². The van der Waals surface area contributed by atoms with E-state index in [2.05, 4.69) is 17.1 Å². The minimum absolute atomic E-state index is 0.336. The molecule has 1 aromatic carbocycles. The predicted molar refractivity (Wildman–Crippen MR) is 87.2 cm³/mol. The lowest BCUT2D eigenvalue weighted by atomic mass is 9.85. The van der Waals surface area contributed by atoms with Crippen molar-refractivity contribution in [2.24, 2.45) is 5.92 Å². The van der Waals surface area contributed by atoms with Gasteiger partial charge in [0, 0.05) is 11.1 Å². The summed E-state index contributed by atoms with van der Waals surface area (Å²) in [5.41, 5.74) is 3.08. The number of pyridine rings is 1. The van der Waals surface area contributed by atoms with Gasteiger partial charge in [-0.2, -0.15) is 0 Å². The summed E-state index contributed by atoms with van der Waals surface area (Å²) in [4.78, 5) is 4.51. The molecule has 2 heteroatoms. The van der Waals surface area contributed by atoms with Crippen LogP contribution < -0.4 is 0 Å². The zero-order chi connectivity index (χ0) is 14.7. The van der Waals surface area contributed by atoms with E-state index in [0.717, 1.165) is 40.9 Å². The number of aliphatic hydroxyl groups excluding tert-OH is 1. The van der Waals surface area contributed by atoms with Crippen LogP contribution in [0, 0.1) is 12.8 Å². The zero-order valence-electron chi connectivity index (χ0n) is 12.9. The van der Waals surface area contributed by atoms with E-state index in [1.165, 1.54) is 32.1 Å². The molecule has 1 unspecified atom stereocenters. The highest BCUT2D eigenvalue weighted by atomic mass is 16.3. The number of benzene rings is 1. The molecule has 0 radical (unpaired) electrons. The molecule has 1 aromatic heterocycles. The van der Waals surface area contributed by atoms with Gasteiger partial charge in [0.05, 0.1) is 11.6 Å². The predicted octanol–water partition coefficient (Wildman–Crippen LogP) is 4.94. The first-order valence-electron chi connectivity index (χ1n) is 8.28. The van der Waals surface area contributed by atoms with E-state index in [0.29, 0.717) is 0 Å². The second-order valence-electron chi connectivity index (χ2n) is 6.50. The quantitative estimate of drug-likeness (QED) is 0.862. The van der Waals surface area contributed by atoms with Gasteiger partial charge in [-0.3, -0.25) is 4.98 Å². The Morgan fingerprint density at radius 2 is 1.95 bits per heavy atom. The van der Waals surface area contributed by atoms with E-state index < -0.39 is 0 Å². The molecular formula is C19H25NO. The molecule has 0 amide bonds. The zero-order valence-corrected chi connectivity index (χ0v) is 12.9. The van der Waals surface area contributed by atoms with Crippen molar-refractivity contribution >= 4 is 10.9 Å². The second kappa shape index (κ2) is 6.57. The molecule has 0 saturated heterocycles. The molecule has 1 N–H and O–H groups in total. The molecule has 1 atom stereocenters. The van der Waals surface area contributed by atoms with Crippen molar-refractivity contribution in [3.05, 3.63) is 41.6 Å². The van der Waals surface area contributed by atoms with Gasteiger partial charge in [-0.25, -0.2) is 0 Å². The summed E-state index contributed by atoms with van der Waals surface area (Å²) in [5, 5.41) is 11.6. The van der Waals surface area contributed by atoms with Crippen molar-refractivity contribution in [2.75, 3.05) is 0 Å². The van der Waals surface area contributed by atoms with Crippen LogP contribution >= 0.6 is 0 Å². The summed E-state index contributed by atoms with van der Waals surface area (Å²) in [6.07, 6.45) is 8.57. The van der Waals surface area contributed by atoms with Gasteiger partial charge in [0.25, 0.3) is 0 Å². The van der Waals surface area contributed by atoms with E-state index >= 15 is 0 Å². The molecular weight excluding hydrogens is 258 g/mol. The van der Waals surface area contributed by atoms with Crippen molar-refractivity contribution < 1.29 is 5.11 Å². The van der Waals surface area contributed by atoms with Crippen LogP contribution in [0.25, 0.3) is 10.9 Å². The van der Waals surface area contributed by atoms with E-state index in [4.69, 9.17) is 0 Å². The maximum atomic E-state index is 10.4. The molecule has 0 spiro atoms. The minimum Gasteiger partial charge on any atom is -0.388 e. The first-order valence-corrected chi connectivity index (χ1v) is 8.28. The third-order valence-corrected chi connectivity index (χ3v) is 4.81. The standard InChI is InChI=1S/C19H25NO/c1-14-7-9-16-13-17(10-11-18(16)20-14)19(21)12-8-15-5-3-2-4-6-15/h7,9-11,13,15,19,21H,2-6,8,12H2,1H3. The average Bonchev–Trinajstić information content (AvgIpc) is 2.53. The van der Waals surface area contributed by atoms with Gasteiger partial charge < -0.3 is 5.11 Å². The first kappa shape index (κ1) is 14.5. The molecule has 0 aliphatic heterocycles. The molecule has 1 heterocycles. The number of aromatic nitrogens is 1. The Labute approximate surface area is 127 Å². The monoisotopic (exact) mass is 283 g/mol. The van der Waals surface area contributed by atoms with Crippen molar-refractivity contribution in [1.29, 1.82) is 0 Å². The van der Waals surface area contributed by atoms with E-state index in [-0.39, 0.29) is 6.10 Å². The number of hydrogen-bond acceptors (Lipinski definition) is 2. The van der Waals surface area contributed by atoms with Crippen LogP contribution in [0.15, 0.2) is 30.3 Å². The Hall–Kier alpha value is -1.41. The maximum absolute atomic E-state index is 10.4. The molecule has 3 rings (SSSR count). The highest BCUT2D eigenvalue weighted by molar-refractivity contribution is 5.79. The minimum atomic E-state index is -0.336. The fourth-order valence-electron chi connectivity index (χ4n) is 3.49. The molecule has 0 bridgehead atoms. The first-order chi connectivity index (χ1) is 10.2. The molecule has 2 nitrogen and oxygen atoms in total. The number of hydrogen-bond donors (Lipinski definition) is 1.